The number of rotatable bonds is 3. The van der Waals surface area contributed by atoms with Crippen LogP contribution in [0, 0.1) is 5.92 Å². The molecular weight excluding hydrogens is 394 g/mol. The van der Waals surface area contributed by atoms with Gasteiger partial charge in [0.1, 0.15) is 4.32 Å². The van der Waals surface area contributed by atoms with Gasteiger partial charge in [-0.3, -0.25) is 14.5 Å². The van der Waals surface area contributed by atoms with E-state index in [0.717, 1.165) is 51.2 Å². The van der Waals surface area contributed by atoms with Crippen LogP contribution < -0.4 is 5.56 Å². The van der Waals surface area contributed by atoms with Gasteiger partial charge in [0.15, 0.2) is 0 Å². The normalized spacial score (nSPS) is 31.0. The zero-order chi connectivity index (χ0) is 19.3. The molecule has 0 N–H and O–H groups in total. The predicted molar refractivity (Wildman–Crippen MR) is 112 cm³/mol. The van der Waals surface area contributed by atoms with E-state index in [1.807, 2.05) is 16.8 Å². The van der Waals surface area contributed by atoms with Crippen molar-refractivity contribution < 1.29 is 9.53 Å². The minimum absolute atomic E-state index is 0.00199. The van der Waals surface area contributed by atoms with Crippen molar-refractivity contribution in [1.29, 1.82) is 0 Å². The Hall–Kier alpha value is -1.64. The van der Waals surface area contributed by atoms with E-state index in [1.54, 1.807) is 11.0 Å². The summed E-state index contributed by atoms with van der Waals surface area (Å²) in [4.78, 5) is 29.7. The minimum atomic E-state index is -0.00199. The number of hydrogen-bond donors (Lipinski definition) is 0. The van der Waals surface area contributed by atoms with Crippen molar-refractivity contribution in [2.24, 2.45) is 5.92 Å². The second-order valence-corrected chi connectivity index (χ2v) is 9.74. The average molecular weight is 418 g/mol. The molecule has 0 aliphatic carbocycles. The first-order valence-corrected chi connectivity index (χ1v) is 11.1. The van der Waals surface area contributed by atoms with Gasteiger partial charge in [0.25, 0.3) is 11.5 Å². The van der Waals surface area contributed by atoms with Gasteiger partial charge in [-0.15, -0.1) is 0 Å². The summed E-state index contributed by atoms with van der Waals surface area (Å²) < 4.78 is 8.22. The van der Waals surface area contributed by atoms with Crippen LogP contribution in [0.1, 0.15) is 30.9 Å². The highest BCUT2D eigenvalue weighted by Gasteiger charge is 2.37. The number of hydrogen-bond acceptors (Lipinski definition) is 6. The highest BCUT2D eigenvalue weighted by atomic mass is 32.2. The monoisotopic (exact) mass is 417 g/mol. The number of piperidine rings is 1. The number of aromatic nitrogens is 1. The smallest absolute Gasteiger partial charge is 0.267 e. The number of nitrogens with zero attached hydrogens (tertiary/aromatic N) is 3. The second kappa shape index (κ2) is 7.31. The Morgan fingerprint density at radius 3 is 2.96 bits per heavy atom. The lowest BCUT2D eigenvalue weighted by atomic mass is 9.83. The molecule has 5 rings (SSSR count). The van der Waals surface area contributed by atoms with Gasteiger partial charge in [0.2, 0.25) is 0 Å². The molecule has 1 aromatic rings. The van der Waals surface area contributed by atoms with Crippen LogP contribution in [0.5, 0.6) is 0 Å². The molecule has 4 aliphatic rings. The molecule has 3 saturated heterocycles. The van der Waals surface area contributed by atoms with E-state index >= 15 is 0 Å². The Morgan fingerprint density at radius 1 is 1.25 bits per heavy atom. The van der Waals surface area contributed by atoms with Gasteiger partial charge in [0, 0.05) is 50.1 Å². The zero-order valence-corrected chi connectivity index (χ0v) is 17.2. The third-order valence-electron chi connectivity index (χ3n) is 6.09. The van der Waals surface area contributed by atoms with E-state index in [-0.39, 0.29) is 17.6 Å². The number of carbonyl (C=O) groups excluding carboxylic acids is 1. The number of amides is 1. The maximum absolute atomic E-state index is 12.9. The fourth-order valence-corrected chi connectivity index (χ4v) is 6.13. The van der Waals surface area contributed by atoms with E-state index in [4.69, 9.17) is 17.0 Å². The number of thiocarbonyl (C=S) groups is 1. The van der Waals surface area contributed by atoms with Crippen LogP contribution in [0.25, 0.3) is 0 Å². The third-order valence-corrected chi connectivity index (χ3v) is 7.46. The minimum Gasteiger partial charge on any atom is -0.376 e. The van der Waals surface area contributed by atoms with Gasteiger partial charge in [-0.2, -0.15) is 0 Å². The number of carbonyl (C=O) groups is 1. The van der Waals surface area contributed by atoms with Crippen molar-refractivity contribution in [2.45, 2.75) is 37.8 Å². The quantitative estimate of drug-likeness (QED) is 0.555. The summed E-state index contributed by atoms with van der Waals surface area (Å²) in [5, 5.41) is 0. The first-order valence-electron chi connectivity index (χ1n) is 9.89. The van der Waals surface area contributed by atoms with Crippen molar-refractivity contribution in [3.63, 3.8) is 0 Å². The molecule has 3 atom stereocenters. The van der Waals surface area contributed by atoms with Crippen molar-refractivity contribution in [3.05, 3.63) is 45.4 Å². The Morgan fingerprint density at radius 2 is 2.14 bits per heavy atom. The van der Waals surface area contributed by atoms with Gasteiger partial charge < -0.3 is 14.2 Å². The lowest BCUT2D eigenvalue weighted by Gasteiger charge is -2.42. The molecule has 4 aliphatic heterocycles. The SMILES string of the molecule is O=C1/C(=C/N2C[C@@H]3C[C@H](C2)c2cccc(=O)n2C3)SC(=S)N1C[C@@H]1CCCO1. The van der Waals surface area contributed by atoms with Crippen molar-refractivity contribution in [2.75, 3.05) is 26.2 Å². The number of ether oxygens (including phenoxy) is 1. The molecule has 1 aromatic heterocycles. The number of likely N-dealkylation sites (tertiary alicyclic amines) is 1. The Balaban J connectivity index is 1.32. The first-order chi connectivity index (χ1) is 13.6. The predicted octanol–water partition coefficient (Wildman–Crippen LogP) is 2.15. The summed E-state index contributed by atoms with van der Waals surface area (Å²) in [6, 6.07) is 5.55. The van der Waals surface area contributed by atoms with Crippen LogP contribution in [-0.2, 0) is 16.1 Å². The van der Waals surface area contributed by atoms with Crippen molar-refractivity contribution in [1.82, 2.24) is 14.4 Å². The Labute approximate surface area is 173 Å². The number of pyridine rings is 1. The summed E-state index contributed by atoms with van der Waals surface area (Å²) >= 11 is 6.85. The molecule has 6 nitrogen and oxygen atoms in total. The fourth-order valence-electron chi connectivity index (χ4n) is 4.84. The molecule has 148 valence electrons. The van der Waals surface area contributed by atoms with Gasteiger partial charge in [-0.25, -0.2) is 0 Å². The maximum Gasteiger partial charge on any atom is 0.267 e. The Kier molecular flexibility index (Phi) is 4.80. The summed E-state index contributed by atoms with van der Waals surface area (Å²) in [7, 11) is 0. The van der Waals surface area contributed by atoms with Crippen LogP contribution in [0.15, 0.2) is 34.1 Å². The molecule has 0 spiro atoms. The van der Waals surface area contributed by atoms with E-state index in [0.29, 0.717) is 27.6 Å². The average Bonchev–Trinajstić information content (AvgIpc) is 3.27. The van der Waals surface area contributed by atoms with E-state index in [1.165, 1.54) is 11.8 Å². The van der Waals surface area contributed by atoms with E-state index < -0.39 is 0 Å². The topological polar surface area (TPSA) is 54.8 Å². The van der Waals surface area contributed by atoms with Gasteiger partial charge >= 0.3 is 0 Å². The van der Waals surface area contributed by atoms with Crippen LogP contribution in [0.3, 0.4) is 0 Å². The molecule has 3 fully saturated rings. The molecule has 0 unspecified atom stereocenters. The van der Waals surface area contributed by atoms with Crippen LogP contribution >= 0.6 is 24.0 Å². The molecule has 0 radical (unpaired) electrons. The molecular formula is C20H23N3O3S2. The molecule has 8 heteroatoms. The summed E-state index contributed by atoms with van der Waals surface area (Å²) in [5.74, 6) is 0.757. The van der Waals surface area contributed by atoms with Crippen LogP contribution in [0.4, 0.5) is 0 Å². The van der Waals surface area contributed by atoms with Gasteiger partial charge in [-0.1, -0.05) is 30.0 Å². The van der Waals surface area contributed by atoms with Gasteiger partial charge in [0.05, 0.1) is 17.6 Å². The van der Waals surface area contributed by atoms with Crippen molar-refractivity contribution >= 4 is 34.2 Å². The summed E-state index contributed by atoms with van der Waals surface area (Å²) in [6.07, 6.45) is 5.24. The molecule has 1 amide bonds. The van der Waals surface area contributed by atoms with Crippen LogP contribution in [0.2, 0.25) is 0 Å². The summed E-state index contributed by atoms with van der Waals surface area (Å²) in [5.41, 5.74) is 1.21. The third kappa shape index (κ3) is 3.31. The number of thioether (sulfide) groups is 1. The number of fused-ring (bicyclic) bond motifs is 4. The molecule has 28 heavy (non-hydrogen) atoms. The van der Waals surface area contributed by atoms with E-state index in [2.05, 4.69) is 11.0 Å². The molecule has 2 bridgehead atoms. The standard InChI is InChI=1S/C20H23N3O3S2/c24-18-5-1-4-16-14-7-13(9-22(16)18)8-21(10-14)12-17-19(25)23(20(27)28-17)11-15-3-2-6-26-15/h1,4-5,12-15H,2-3,6-11H2/b17-12-/t13-,14+,15-/m0/s1. The van der Waals surface area contributed by atoms with Crippen molar-refractivity contribution in [3.8, 4) is 0 Å². The maximum atomic E-state index is 12.9. The second-order valence-electron chi connectivity index (χ2n) is 8.06. The molecule has 5 heterocycles. The lowest BCUT2D eigenvalue weighted by molar-refractivity contribution is -0.123. The highest BCUT2D eigenvalue weighted by Crippen LogP contribution is 2.37. The highest BCUT2D eigenvalue weighted by molar-refractivity contribution is 8.26. The van der Waals surface area contributed by atoms with E-state index in [9.17, 15) is 9.59 Å². The lowest BCUT2D eigenvalue weighted by Crippen LogP contribution is -2.45. The summed E-state index contributed by atoms with van der Waals surface area (Å²) in [6.45, 7) is 3.79. The first kappa shape index (κ1) is 18.4. The molecule has 0 saturated carbocycles. The fraction of sp³-hybridized carbons (Fsp3) is 0.550. The molecule has 0 aromatic carbocycles. The zero-order valence-electron chi connectivity index (χ0n) is 15.6. The van der Waals surface area contributed by atoms with Crippen LogP contribution in [-0.4, -0.2) is 56.9 Å². The largest absolute Gasteiger partial charge is 0.376 e. The Bertz CT molecular complexity index is 906. The van der Waals surface area contributed by atoms with Gasteiger partial charge in [-0.05, 0) is 31.2 Å².